The lowest BCUT2D eigenvalue weighted by atomic mass is 10.1. The van der Waals surface area contributed by atoms with E-state index in [0.29, 0.717) is 24.1 Å². The van der Waals surface area contributed by atoms with Crippen LogP contribution >= 0.6 is 11.6 Å². The summed E-state index contributed by atoms with van der Waals surface area (Å²) in [4.78, 5) is 4.35. The minimum absolute atomic E-state index is 0.217. The smallest absolute Gasteiger partial charge is 0.213 e. The number of nitrogens with one attached hydrogen (secondary N) is 1. The van der Waals surface area contributed by atoms with Crippen molar-refractivity contribution in [1.82, 2.24) is 10.3 Å². The molecule has 0 aliphatic carbocycles. The lowest BCUT2D eigenvalue weighted by molar-refractivity contribution is 0.136. The molecule has 0 radical (unpaired) electrons. The molecule has 1 aliphatic rings. The Kier molecular flexibility index (Phi) is 5.33. The van der Waals surface area contributed by atoms with Crippen molar-refractivity contribution >= 4 is 11.6 Å². The summed E-state index contributed by atoms with van der Waals surface area (Å²) >= 11 is 6.30. The first-order chi connectivity index (χ1) is 11.3. The van der Waals surface area contributed by atoms with Gasteiger partial charge in [-0.15, -0.1) is 0 Å². The highest BCUT2D eigenvalue weighted by molar-refractivity contribution is 6.33. The van der Waals surface area contributed by atoms with Crippen LogP contribution in [0.4, 0.5) is 0 Å². The molecule has 0 atom stereocenters. The molecule has 0 amide bonds. The number of benzene rings is 1. The van der Waals surface area contributed by atoms with E-state index in [9.17, 15) is 0 Å². The molecular weight excluding hydrogens is 316 g/mol. The Morgan fingerprint density at radius 2 is 2.09 bits per heavy atom. The third-order valence-corrected chi connectivity index (χ3v) is 3.90. The molecule has 1 fully saturated rings. The molecule has 5 nitrogen and oxygen atoms in total. The van der Waals surface area contributed by atoms with Crippen LogP contribution in [0.3, 0.4) is 0 Å². The summed E-state index contributed by atoms with van der Waals surface area (Å²) in [6.07, 6.45) is 1.98. The van der Waals surface area contributed by atoms with E-state index in [1.54, 1.807) is 13.3 Å². The lowest BCUT2D eigenvalue weighted by Crippen LogP contribution is -2.50. The number of pyridine rings is 1. The molecule has 1 aromatic carbocycles. The Hall–Kier alpha value is -1.82. The Bertz CT molecular complexity index is 645. The first-order valence-corrected chi connectivity index (χ1v) is 7.89. The minimum Gasteiger partial charge on any atom is -0.491 e. The van der Waals surface area contributed by atoms with E-state index >= 15 is 0 Å². The maximum Gasteiger partial charge on any atom is 0.213 e. The van der Waals surface area contributed by atoms with Crippen molar-refractivity contribution in [2.45, 2.75) is 6.10 Å². The van der Waals surface area contributed by atoms with Gasteiger partial charge in [-0.2, -0.15) is 0 Å². The zero-order chi connectivity index (χ0) is 16.1. The van der Waals surface area contributed by atoms with E-state index < -0.39 is 0 Å². The summed E-state index contributed by atoms with van der Waals surface area (Å²) in [5.74, 6) is 1.38. The van der Waals surface area contributed by atoms with Crippen molar-refractivity contribution in [2.75, 3.05) is 33.4 Å². The SMILES string of the molecule is COCCOc1ccc(Cl)c(-c2ccc(OC3CNC3)nc2)c1. The minimum atomic E-state index is 0.217. The predicted molar refractivity (Wildman–Crippen MR) is 89.3 cm³/mol. The maximum atomic E-state index is 6.30. The quantitative estimate of drug-likeness (QED) is 0.789. The largest absolute Gasteiger partial charge is 0.491 e. The van der Waals surface area contributed by atoms with Gasteiger partial charge in [-0.1, -0.05) is 11.6 Å². The van der Waals surface area contributed by atoms with Gasteiger partial charge in [0.2, 0.25) is 5.88 Å². The van der Waals surface area contributed by atoms with Gasteiger partial charge in [-0.3, -0.25) is 0 Å². The molecule has 2 aromatic rings. The average Bonchev–Trinajstić information content (AvgIpc) is 2.53. The molecule has 1 aliphatic heterocycles. The van der Waals surface area contributed by atoms with Crippen molar-refractivity contribution in [3.05, 3.63) is 41.6 Å². The number of nitrogens with zero attached hydrogens (tertiary/aromatic N) is 1. The number of rotatable bonds is 7. The van der Waals surface area contributed by atoms with Gasteiger partial charge in [0, 0.05) is 48.6 Å². The first kappa shape index (κ1) is 16.1. The van der Waals surface area contributed by atoms with Crippen LogP contribution in [0.15, 0.2) is 36.5 Å². The Morgan fingerprint density at radius 1 is 1.22 bits per heavy atom. The van der Waals surface area contributed by atoms with Gasteiger partial charge in [0.1, 0.15) is 18.5 Å². The topological polar surface area (TPSA) is 52.6 Å². The molecule has 6 heteroatoms. The predicted octanol–water partition coefficient (Wildman–Crippen LogP) is 2.78. The second kappa shape index (κ2) is 7.64. The van der Waals surface area contributed by atoms with Crippen LogP contribution in [-0.4, -0.2) is 44.5 Å². The van der Waals surface area contributed by atoms with Crippen molar-refractivity contribution < 1.29 is 14.2 Å². The highest BCUT2D eigenvalue weighted by Crippen LogP contribution is 2.31. The number of methoxy groups -OCH3 is 1. The van der Waals surface area contributed by atoms with Crippen LogP contribution in [0.1, 0.15) is 0 Å². The average molecular weight is 335 g/mol. The van der Waals surface area contributed by atoms with Gasteiger partial charge in [0.25, 0.3) is 0 Å². The van der Waals surface area contributed by atoms with E-state index in [0.717, 1.165) is 30.0 Å². The fraction of sp³-hybridized carbons (Fsp3) is 0.353. The van der Waals surface area contributed by atoms with Gasteiger partial charge in [-0.05, 0) is 24.3 Å². The standard InChI is InChI=1S/C17H19ClN2O3/c1-21-6-7-22-13-3-4-16(18)15(8-13)12-2-5-17(20-9-12)23-14-10-19-11-14/h2-5,8-9,14,19H,6-7,10-11H2,1H3. The van der Waals surface area contributed by atoms with Crippen LogP contribution < -0.4 is 14.8 Å². The van der Waals surface area contributed by atoms with E-state index in [4.69, 9.17) is 25.8 Å². The Labute approximate surface area is 140 Å². The highest BCUT2D eigenvalue weighted by Gasteiger charge is 2.18. The second-order valence-corrected chi connectivity index (χ2v) is 5.67. The fourth-order valence-corrected chi connectivity index (χ4v) is 2.41. The number of hydrogen-bond acceptors (Lipinski definition) is 5. The molecule has 0 bridgehead atoms. The van der Waals surface area contributed by atoms with Crippen LogP contribution in [0.25, 0.3) is 11.1 Å². The zero-order valence-corrected chi connectivity index (χ0v) is 13.7. The Balaban J connectivity index is 1.72. The fourth-order valence-electron chi connectivity index (χ4n) is 2.18. The van der Waals surface area contributed by atoms with Gasteiger partial charge in [0.15, 0.2) is 0 Å². The van der Waals surface area contributed by atoms with E-state index in [-0.39, 0.29) is 6.10 Å². The summed E-state index contributed by atoms with van der Waals surface area (Å²) in [7, 11) is 1.64. The number of halogens is 1. The molecule has 0 saturated carbocycles. The molecule has 2 heterocycles. The van der Waals surface area contributed by atoms with Crippen molar-refractivity contribution in [2.24, 2.45) is 0 Å². The number of hydrogen-bond donors (Lipinski definition) is 1. The van der Waals surface area contributed by atoms with Crippen LogP contribution in [-0.2, 0) is 4.74 Å². The summed E-state index contributed by atoms with van der Waals surface area (Å²) in [5, 5.41) is 3.82. The van der Waals surface area contributed by atoms with Crippen molar-refractivity contribution in [3.8, 4) is 22.8 Å². The second-order valence-electron chi connectivity index (χ2n) is 5.27. The van der Waals surface area contributed by atoms with Crippen LogP contribution in [0.2, 0.25) is 5.02 Å². The first-order valence-electron chi connectivity index (χ1n) is 7.51. The summed E-state index contributed by atoms with van der Waals surface area (Å²) in [6, 6.07) is 9.39. The van der Waals surface area contributed by atoms with E-state index in [1.165, 1.54) is 0 Å². The maximum absolute atomic E-state index is 6.30. The van der Waals surface area contributed by atoms with E-state index in [2.05, 4.69) is 10.3 Å². The monoisotopic (exact) mass is 334 g/mol. The molecule has 1 saturated heterocycles. The number of ether oxygens (including phenoxy) is 3. The molecule has 1 aromatic heterocycles. The van der Waals surface area contributed by atoms with Crippen molar-refractivity contribution in [1.29, 1.82) is 0 Å². The summed E-state index contributed by atoms with van der Waals surface area (Å²) in [6.45, 7) is 2.78. The Morgan fingerprint density at radius 3 is 2.74 bits per heavy atom. The molecule has 0 unspecified atom stereocenters. The summed E-state index contributed by atoms with van der Waals surface area (Å²) in [5.41, 5.74) is 1.80. The summed E-state index contributed by atoms with van der Waals surface area (Å²) < 4.78 is 16.3. The third-order valence-electron chi connectivity index (χ3n) is 3.57. The van der Waals surface area contributed by atoms with Gasteiger partial charge >= 0.3 is 0 Å². The molecular formula is C17H19ClN2O3. The van der Waals surface area contributed by atoms with Crippen LogP contribution in [0, 0.1) is 0 Å². The molecule has 23 heavy (non-hydrogen) atoms. The van der Waals surface area contributed by atoms with Gasteiger partial charge in [-0.25, -0.2) is 4.98 Å². The van der Waals surface area contributed by atoms with E-state index in [1.807, 2.05) is 30.3 Å². The number of aromatic nitrogens is 1. The molecule has 3 rings (SSSR count). The van der Waals surface area contributed by atoms with Crippen LogP contribution in [0.5, 0.6) is 11.6 Å². The zero-order valence-electron chi connectivity index (χ0n) is 12.9. The van der Waals surface area contributed by atoms with Crippen molar-refractivity contribution in [3.63, 3.8) is 0 Å². The highest BCUT2D eigenvalue weighted by atomic mass is 35.5. The molecule has 0 spiro atoms. The molecule has 1 N–H and O–H groups in total. The van der Waals surface area contributed by atoms with Gasteiger partial charge < -0.3 is 19.5 Å². The lowest BCUT2D eigenvalue weighted by Gasteiger charge is -2.27. The third kappa shape index (κ3) is 4.13. The van der Waals surface area contributed by atoms with Gasteiger partial charge in [0.05, 0.1) is 6.61 Å². The molecule has 122 valence electrons. The normalized spacial score (nSPS) is 14.3.